The van der Waals surface area contributed by atoms with Gasteiger partial charge in [-0.25, -0.2) is 4.79 Å². The zero-order valence-corrected chi connectivity index (χ0v) is 16.5. The highest BCUT2D eigenvalue weighted by atomic mass is 16.6. The molecule has 0 fully saturated rings. The van der Waals surface area contributed by atoms with Crippen molar-refractivity contribution in [2.24, 2.45) is 0 Å². The zero-order valence-electron chi connectivity index (χ0n) is 16.5. The van der Waals surface area contributed by atoms with Crippen LogP contribution in [0.25, 0.3) is 6.08 Å². The number of ether oxygens (including phenoxy) is 4. The molecule has 10 nitrogen and oxygen atoms in total. The molecule has 10 heteroatoms. The number of esters is 1. The van der Waals surface area contributed by atoms with Crippen LogP contribution in [0.4, 0.5) is 11.4 Å². The average molecular weight is 416 g/mol. The number of nitro groups is 1. The molecule has 0 saturated carbocycles. The van der Waals surface area contributed by atoms with Crippen molar-refractivity contribution >= 4 is 29.3 Å². The number of carbonyl (C=O) groups excluding carboxylic acids is 2. The molecule has 2 aromatic carbocycles. The third-order valence-electron chi connectivity index (χ3n) is 3.86. The van der Waals surface area contributed by atoms with Gasteiger partial charge in [-0.15, -0.1) is 0 Å². The van der Waals surface area contributed by atoms with Gasteiger partial charge in [-0.2, -0.15) is 0 Å². The number of nitrogens with one attached hydrogen (secondary N) is 1. The summed E-state index contributed by atoms with van der Waals surface area (Å²) >= 11 is 0. The van der Waals surface area contributed by atoms with E-state index in [2.05, 4.69) is 5.32 Å². The normalized spacial score (nSPS) is 10.4. The first-order valence-electron chi connectivity index (χ1n) is 8.57. The van der Waals surface area contributed by atoms with Crippen LogP contribution in [-0.4, -0.2) is 44.7 Å². The third-order valence-corrected chi connectivity index (χ3v) is 3.86. The average Bonchev–Trinajstić information content (AvgIpc) is 2.76. The number of hydrogen-bond donors (Lipinski definition) is 1. The minimum Gasteiger partial charge on any atom is -0.497 e. The Morgan fingerprint density at radius 2 is 1.70 bits per heavy atom. The van der Waals surface area contributed by atoms with Gasteiger partial charge < -0.3 is 24.3 Å². The molecule has 0 bridgehead atoms. The maximum Gasteiger partial charge on any atom is 0.331 e. The van der Waals surface area contributed by atoms with Gasteiger partial charge in [0.2, 0.25) is 0 Å². The highest BCUT2D eigenvalue weighted by Crippen LogP contribution is 2.29. The van der Waals surface area contributed by atoms with E-state index < -0.39 is 23.4 Å². The summed E-state index contributed by atoms with van der Waals surface area (Å²) in [5, 5.41) is 13.5. The van der Waals surface area contributed by atoms with E-state index >= 15 is 0 Å². The molecule has 0 aromatic heterocycles. The third kappa shape index (κ3) is 5.96. The fourth-order valence-corrected chi connectivity index (χ4v) is 2.38. The highest BCUT2D eigenvalue weighted by molar-refractivity contribution is 5.96. The lowest BCUT2D eigenvalue weighted by Gasteiger charge is -2.08. The lowest BCUT2D eigenvalue weighted by Crippen LogP contribution is -2.20. The molecule has 0 heterocycles. The maximum absolute atomic E-state index is 12.0. The molecule has 0 saturated heterocycles. The van der Waals surface area contributed by atoms with E-state index in [1.807, 2.05) is 0 Å². The van der Waals surface area contributed by atoms with Crippen LogP contribution in [0, 0.1) is 10.1 Å². The number of nitrogens with zero attached hydrogens (tertiary/aromatic N) is 1. The Bertz CT molecular complexity index is 971. The van der Waals surface area contributed by atoms with Crippen LogP contribution in [-0.2, 0) is 14.3 Å². The Morgan fingerprint density at radius 1 is 1.03 bits per heavy atom. The summed E-state index contributed by atoms with van der Waals surface area (Å²) in [6.07, 6.45) is 2.60. The van der Waals surface area contributed by atoms with Crippen molar-refractivity contribution in [3.63, 3.8) is 0 Å². The molecule has 0 spiro atoms. The van der Waals surface area contributed by atoms with E-state index in [1.165, 1.54) is 45.6 Å². The second-order valence-electron chi connectivity index (χ2n) is 5.74. The van der Waals surface area contributed by atoms with Gasteiger partial charge in [0.25, 0.3) is 11.6 Å². The number of benzene rings is 2. The lowest BCUT2D eigenvalue weighted by atomic mass is 10.2. The fourth-order valence-electron chi connectivity index (χ4n) is 2.38. The second kappa shape index (κ2) is 10.5. The fraction of sp³-hybridized carbons (Fsp3) is 0.200. The first kappa shape index (κ1) is 22.2. The molecule has 1 N–H and O–H groups in total. The van der Waals surface area contributed by atoms with Gasteiger partial charge in [-0.05, 0) is 30.3 Å². The molecule has 2 aromatic rings. The largest absolute Gasteiger partial charge is 0.497 e. The van der Waals surface area contributed by atoms with Gasteiger partial charge in [0, 0.05) is 17.7 Å². The molecule has 0 unspecified atom stereocenters. The summed E-state index contributed by atoms with van der Waals surface area (Å²) in [6, 6.07) is 9.00. The standard InChI is InChI=1S/C20H20N2O8/c1-27-14-7-8-16(17(10-14)22(25)26)21-19(23)12-30-20(24)9-5-13-4-6-15(28-2)11-18(13)29-3/h4-11H,12H2,1-3H3,(H,21,23)/b9-5+. The summed E-state index contributed by atoms with van der Waals surface area (Å²) in [6.45, 7) is -0.619. The molecule has 0 atom stereocenters. The summed E-state index contributed by atoms with van der Waals surface area (Å²) in [5.74, 6) is -0.150. The monoisotopic (exact) mass is 416 g/mol. The van der Waals surface area contributed by atoms with Crippen molar-refractivity contribution in [2.45, 2.75) is 0 Å². The van der Waals surface area contributed by atoms with Gasteiger partial charge in [0.05, 0.1) is 32.3 Å². The molecule has 1 amide bonds. The Hall–Kier alpha value is -4.08. The number of carbonyl (C=O) groups is 2. The molecule has 2 rings (SSSR count). The van der Waals surface area contributed by atoms with E-state index in [9.17, 15) is 19.7 Å². The van der Waals surface area contributed by atoms with E-state index in [0.29, 0.717) is 17.1 Å². The maximum atomic E-state index is 12.0. The molecule has 0 aliphatic carbocycles. The van der Waals surface area contributed by atoms with Crippen molar-refractivity contribution < 1.29 is 33.5 Å². The minimum atomic E-state index is -0.771. The molecular formula is C20H20N2O8. The molecule has 0 aliphatic heterocycles. The summed E-state index contributed by atoms with van der Waals surface area (Å²) in [4.78, 5) is 34.3. The van der Waals surface area contributed by atoms with Crippen molar-refractivity contribution in [2.75, 3.05) is 33.3 Å². The van der Waals surface area contributed by atoms with E-state index in [4.69, 9.17) is 18.9 Å². The summed E-state index contributed by atoms with van der Waals surface area (Å²) in [5.41, 5.74) is 0.217. The number of amides is 1. The van der Waals surface area contributed by atoms with Crippen molar-refractivity contribution in [3.05, 3.63) is 58.2 Å². The molecular weight excluding hydrogens is 396 g/mol. The predicted molar refractivity (Wildman–Crippen MR) is 108 cm³/mol. The predicted octanol–water partition coefficient (Wildman–Crippen LogP) is 2.82. The molecule has 30 heavy (non-hydrogen) atoms. The highest BCUT2D eigenvalue weighted by Gasteiger charge is 2.17. The molecule has 0 aliphatic rings. The minimum absolute atomic E-state index is 0.0413. The number of hydrogen-bond acceptors (Lipinski definition) is 8. The number of anilines is 1. The van der Waals surface area contributed by atoms with Crippen molar-refractivity contribution in [1.82, 2.24) is 0 Å². The van der Waals surface area contributed by atoms with Gasteiger partial charge >= 0.3 is 5.97 Å². The Balaban J connectivity index is 1.96. The van der Waals surface area contributed by atoms with Crippen LogP contribution in [0.2, 0.25) is 0 Å². The molecule has 0 radical (unpaired) electrons. The van der Waals surface area contributed by atoms with E-state index in [-0.39, 0.29) is 17.1 Å². The SMILES string of the molecule is COc1ccc(/C=C/C(=O)OCC(=O)Nc2ccc(OC)cc2[N+](=O)[O-])c(OC)c1. The summed E-state index contributed by atoms with van der Waals surface area (Å²) < 4.78 is 20.1. The molecule has 158 valence electrons. The van der Waals surface area contributed by atoms with Gasteiger partial charge in [-0.1, -0.05) is 0 Å². The van der Waals surface area contributed by atoms with Crippen molar-refractivity contribution in [3.8, 4) is 17.2 Å². The van der Waals surface area contributed by atoms with E-state index in [1.54, 1.807) is 18.2 Å². The zero-order chi connectivity index (χ0) is 22.1. The van der Waals surface area contributed by atoms with Crippen LogP contribution in [0.5, 0.6) is 17.2 Å². The Kier molecular flexibility index (Phi) is 7.74. The van der Waals surface area contributed by atoms with Crippen LogP contribution in [0.15, 0.2) is 42.5 Å². The Labute approximate surface area is 172 Å². The van der Waals surface area contributed by atoms with Crippen LogP contribution >= 0.6 is 0 Å². The first-order valence-corrected chi connectivity index (χ1v) is 8.57. The smallest absolute Gasteiger partial charge is 0.331 e. The van der Waals surface area contributed by atoms with Gasteiger partial charge in [0.15, 0.2) is 6.61 Å². The Morgan fingerprint density at radius 3 is 2.33 bits per heavy atom. The quantitative estimate of drug-likeness (QED) is 0.286. The summed E-state index contributed by atoms with van der Waals surface area (Å²) in [7, 11) is 4.37. The van der Waals surface area contributed by atoms with Crippen molar-refractivity contribution in [1.29, 1.82) is 0 Å². The number of methoxy groups -OCH3 is 3. The van der Waals surface area contributed by atoms with E-state index in [0.717, 1.165) is 6.08 Å². The van der Waals surface area contributed by atoms with Crippen LogP contribution < -0.4 is 19.5 Å². The first-order chi connectivity index (χ1) is 14.4. The van der Waals surface area contributed by atoms with Crippen LogP contribution in [0.3, 0.4) is 0 Å². The number of nitro benzene ring substituents is 1. The lowest BCUT2D eigenvalue weighted by molar-refractivity contribution is -0.384. The topological polar surface area (TPSA) is 126 Å². The van der Waals surface area contributed by atoms with Crippen LogP contribution in [0.1, 0.15) is 5.56 Å². The van der Waals surface area contributed by atoms with Gasteiger partial charge in [-0.3, -0.25) is 14.9 Å². The van der Waals surface area contributed by atoms with Gasteiger partial charge in [0.1, 0.15) is 22.9 Å². The number of rotatable bonds is 9. The second-order valence-corrected chi connectivity index (χ2v) is 5.74.